The molecule has 0 radical (unpaired) electrons. The summed E-state index contributed by atoms with van der Waals surface area (Å²) in [5.74, 6) is 0. The molecule has 2 aliphatic carbocycles. The average Bonchev–Trinajstić information content (AvgIpc) is 3.99. The zero-order valence-corrected chi connectivity index (χ0v) is 35.7. The molecule has 2 nitrogen and oxygen atoms in total. The number of para-hydroxylation sites is 2. The van der Waals surface area contributed by atoms with Crippen LogP contribution in [0.1, 0.15) is 21.6 Å². The minimum Gasteiger partial charge on any atom is -0.310 e. The molecule has 0 aliphatic heterocycles. The van der Waals surface area contributed by atoms with Crippen LogP contribution in [0, 0.1) is 0 Å². The van der Waals surface area contributed by atoms with Crippen LogP contribution in [0.4, 0.5) is 34.1 Å². The second-order valence-electron chi connectivity index (χ2n) is 16.8. The first kappa shape index (κ1) is 36.7. The van der Waals surface area contributed by atoms with Crippen molar-refractivity contribution in [3.63, 3.8) is 0 Å². The molecular formula is C61H40N2S. The minimum absolute atomic E-state index is 0.621. The Morgan fingerprint density at radius 1 is 0.344 bits per heavy atom. The maximum Gasteiger partial charge on any atom is 0.0840 e. The van der Waals surface area contributed by atoms with Crippen molar-refractivity contribution in [2.45, 2.75) is 5.41 Å². The normalized spacial score (nSPS) is 14.3. The van der Waals surface area contributed by atoms with Crippen molar-refractivity contribution in [1.82, 2.24) is 0 Å². The van der Waals surface area contributed by atoms with Gasteiger partial charge in [-0.3, -0.25) is 0 Å². The maximum absolute atomic E-state index is 2.52. The van der Waals surface area contributed by atoms with Gasteiger partial charge in [-0.05, 0) is 111 Å². The van der Waals surface area contributed by atoms with Gasteiger partial charge in [-0.25, -0.2) is 0 Å². The highest BCUT2D eigenvalue weighted by Crippen LogP contribution is 2.68. The average molecular weight is 833 g/mol. The van der Waals surface area contributed by atoms with E-state index in [0.29, 0.717) is 0 Å². The van der Waals surface area contributed by atoms with Crippen LogP contribution in [-0.4, -0.2) is 0 Å². The van der Waals surface area contributed by atoms with E-state index in [2.05, 4.69) is 252 Å². The Morgan fingerprint density at radius 2 is 0.906 bits per heavy atom. The number of hydrogen-bond donors (Lipinski definition) is 0. The molecule has 0 saturated carbocycles. The standard InChI is InChI=1S/C61H40N2S/c1-4-18-41(19-5-1)42-34-36-46(37-35-42)62(44-22-6-2-7-23-44)47-38-39-51-54(40-47)61(60-58(51)52-28-13-15-33-57(52)64-60)53-30-14-12-27-49(53)50-29-17-32-56(59(50)61)63(45-24-8-3-9-25-45)55-31-16-21-43-20-10-11-26-48(43)55/h1-40H. The Kier molecular flexibility index (Phi) is 8.34. The van der Waals surface area contributed by atoms with E-state index in [1.165, 1.54) is 81.5 Å². The minimum atomic E-state index is -0.621. The van der Waals surface area contributed by atoms with Gasteiger partial charge in [0.2, 0.25) is 0 Å². The second kappa shape index (κ2) is 14.6. The van der Waals surface area contributed by atoms with Crippen molar-refractivity contribution < 1.29 is 0 Å². The van der Waals surface area contributed by atoms with E-state index in [1.54, 1.807) is 0 Å². The lowest BCUT2D eigenvalue weighted by atomic mass is 9.73. The Balaban J connectivity index is 1.12. The highest BCUT2D eigenvalue weighted by molar-refractivity contribution is 7.20. The summed E-state index contributed by atoms with van der Waals surface area (Å²) in [6.45, 7) is 0. The summed E-state index contributed by atoms with van der Waals surface area (Å²) in [4.78, 5) is 6.32. The summed E-state index contributed by atoms with van der Waals surface area (Å²) < 4.78 is 1.31. The fourth-order valence-electron chi connectivity index (χ4n) is 10.8. The quantitative estimate of drug-likeness (QED) is 0.158. The first-order valence-electron chi connectivity index (χ1n) is 22.0. The second-order valence-corrected chi connectivity index (χ2v) is 17.8. The molecule has 0 bridgehead atoms. The number of anilines is 6. The molecule has 1 heterocycles. The number of benzene rings is 10. The summed E-state index contributed by atoms with van der Waals surface area (Å²) in [6, 6.07) is 89.4. The smallest absolute Gasteiger partial charge is 0.0840 e. The van der Waals surface area contributed by atoms with Crippen molar-refractivity contribution in [3.8, 4) is 33.4 Å². The van der Waals surface area contributed by atoms with E-state index in [1.807, 2.05) is 11.3 Å². The molecule has 64 heavy (non-hydrogen) atoms. The highest BCUT2D eigenvalue weighted by Gasteiger charge is 2.55. The number of hydrogen-bond acceptors (Lipinski definition) is 3. The molecule has 11 aromatic rings. The van der Waals surface area contributed by atoms with Crippen molar-refractivity contribution in [2.24, 2.45) is 0 Å². The molecule has 1 spiro atoms. The van der Waals surface area contributed by atoms with E-state index in [0.717, 1.165) is 28.4 Å². The van der Waals surface area contributed by atoms with Gasteiger partial charge < -0.3 is 9.80 Å². The molecule has 1 unspecified atom stereocenters. The first-order valence-corrected chi connectivity index (χ1v) is 22.8. The lowest BCUT2D eigenvalue weighted by Gasteiger charge is -2.36. The number of rotatable bonds is 7. The zero-order valence-electron chi connectivity index (χ0n) is 34.9. The molecule has 1 aromatic heterocycles. The summed E-state index contributed by atoms with van der Waals surface area (Å²) in [5.41, 5.74) is 17.7. The predicted molar refractivity (Wildman–Crippen MR) is 270 cm³/mol. The summed E-state index contributed by atoms with van der Waals surface area (Å²) in [5, 5.41) is 3.73. The summed E-state index contributed by atoms with van der Waals surface area (Å²) in [6.07, 6.45) is 0. The monoisotopic (exact) mass is 832 g/mol. The van der Waals surface area contributed by atoms with Crippen LogP contribution in [0.25, 0.3) is 54.2 Å². The fraction of sp³-hybridized carbons (Fsp3) is 0.0164. The third kappa shape index (κ3) is 5.38. The van der Waals surface area contributed by atoms with E-state index in [4.69, 9.17) is 0 Å². The molecule has 1 atom stereocenters. The zero-order chi connectivity index (χ0) is 42.2. The van der Waals surface area contributed by atoms with Gasteiger partial charge in [0.05, 0.1) is 16.8 Å². The van der Waals surface area contributed by atoms with Crippen LogP contribution >= 0.6 is 11.3 Å². The number of thiophene rings is 1. The highest BCUT2D eigenvalue weighted by atomic mass is 32.1. The van der Waals surface area contributed by atoms with Gasteiger partial charge in [-0.15, -0.1) is 11.3 Å². The third-order valence-electron chi connectivity index (χ3n) is 13.4. The van der Waals surface area contributed by atoms with Gasteiger partial charge in [-0.2, -0.15) is 0 Å². The predicted octanol–water partition coefficient (Wildman–Crippen LogP) is 17.0. The lowest BCUT2D eigenvalue weighted by Crippen LogP contribution is -2.28. The number of fused-ring (bicyclic) bond motifs is 13. The van der Waals surface area contributed by atoms with Crippen molar-refractivity contribution in [1.29, 1.82) is 0 Å². The van der Waals surface area contributed by atoms with Gasteiger partial charge in [0.1, 0.15) is 0 Å². The molecule has 0 amide bonds. The molecule has 0 N–H and O–H groups in total. The van der Waals surface area contributed by atoms with Crippen LogP contribution in [0.3, 0.4) is 0 Å². The SMILES string of the molecule is c1ccc(-c2ccc(N(c3ccccc3)c3ccc4c(c3)C3(c5ccccc5-c5cccc(N(c6ccccc6)c6cccc7ccccc67)c53)c3sc5ccccc5c3-4)cc2)cc1. The van der Waals surface area contributed by atoms with Crippen LogP contribution in [0.5, 0.6) is 0 Å². The van der Waals surface area contributed by atoms with Crippen molar-refractivity contribution in [3.05, 3.63) is 264 Å². The van der Waals surface area contributed by atoms with E-state index in [-0.39, 0.29) is 0 Å². The first-order chi connectivity index (χ1) is 31.8. The molecule has 3 heteroatoms. The van der Waals surface area contributed by atoms with Crippen molar-refractivity contribution >= 4 is 66.3 Å². The van der Waals surface area contributed by atoms with Gasteiger partial charge in [0.25, 0.3) is 0 Å². The van der Waals surface area contributed by atoms with Gasteiger partial charge in [0, 0.05) is 54.2 Å². The fourth-order valence-corrected chi connectivity index (χ4v) is 12.2. The Morgan fingerprint density at radius 3 is 1.70 bits per heavy atom. The van der Waals surface area contributed by atoms with Gasteiger partial charge >= 0.3 is 0 Å². The van der Waals surface area contributed by atoms with Crippen LogP contribution in [0.15, 0.2) is 243 Å². The Hall–Kier alpha value is -7.98. The molecule has 2 aliphatic rings. The van der Waals surface area contributed by atoms with Crippen LogP contribution in [-0.2, 0) is 5.41 Å². The van der Waals surface area contributed by atoms with E-state index in [9.17, 15) is 0 Å². The van der Waals surface area contributed by atoms with Gasteiger partial charge in [-0.1, -0.05) is 176 Å². The molecule has 0 saturated heterocycles. The summed E-state index contributed by atoms with van der Waals surface area (Å²) in [7, 11) is 0. The molecule has 13 rings (SSSR count). The Labute approximate surface area is 377 Å². The van der Waals surface area contributed by atoms with Crippen molar-refractivity contribution in [2.75, 3.05) is 9.80 Å². The lowest BCUT2D eigenvalue weighted by molar-refractivity contribution is 0.810. The Bertz CT molecular complexity index is 3550. The van der Waals surface area contributed by atoms with Crippen LogP contribution < -0.4 is 9.80 Å². The molecular weight excluding hydrogens is 793 g/mol. The topological polar surface area (TPSA) is 6.48 Å². The van der Waals surface area contributed by atoms with Gasteiger partial charge in [0.15, 0.2) is 0 Å². The summed E-state index contributed by atoms with van der Waals surface area (Å²) >= 11 is 1.96. The molecule has 0 fully saturated rings. The third-order valence-corrected chi connectivity index (χ3v) is 14.7. The number of nitrogens with zero attached hydrogens (tertiary/aromatic N) is 2. The molecule has 10 aromatic carbocycles. The largest absolute Gasteiger partial charge is 0.310 e. The van der Waals surface area contributed by atoms with E-state index < -0.39 is 5.41 Å². The van der Waals surface area contributed by atoms with E-state index >= 15 is 0 Å². The molecule has 300 valence electrons. The van der Waals surface area contributed by atoms with Crippen LogP contribution in [0.2, 0.25) is 0 Å². The maximum atomic E-state index is 2.52.